The predicted octanol–water partition coefficient (Wildman–Crippen LogP) is 5.11. The molecule has 0 N–H and O–H groups in total. The summed E-state index contributed by atoms with van der Waals surface area (Å²) in [6.45, 7) is 4.02. The molecular weight excluding hydrogens is 395 g/mol. The fourth-order valence-corrected chi connectivity index (χ4v) is 4.71. The quantitative estimate of drug-likeness (QED) is 0.515. The maximum Gasteiger partial charge on any atom is 0.433 e. The topological polar surface area (TPSA) is 46.1 Å². The summed E-state index contributed by atoms with van der Waals surface area (Å²) in [6.07, 6.45) is -1.59. The molecule has 4 nitrogen and oxygen atoms in total. The lowest BCUT2D eigenvalue weighted by molar-refractivity contribution is -0.141. The van der Waals surface area contributed by atoms with Crippen molar-refractivity contribution < 1.29 is 18.0 Å². The maximum atomic E-state index is 13.2. The third-order valence-corrected chi connectivity index (χ3v) is 6.30. The number of rotatable bonds is 4. The third kappa shape index (κ3) is 4.82. The summed E-state index contributed by atoms with van der Waals surface area (Å²) in [5.74, 6) is -0.0572. The Bertz CT molecular complexity index is 786. The van der Waals surface area contributed by atoms with E-state index < -0.39 is 11.9 Å². The number of likely N-dealkylation sites (tertiary alicyclic amines) is 1. The Morgan fingerprint density at radius 3 is 2.59 bits per heavy atom. The highest BCUT2D eigenvalue weighted by atomic mass is 32.2. The average Bonchev–Trinajstić information content (AvgIpc) is 3.13. The number of amides is 1. The Morgan fingerprint density at radius 2 is 2.00 bits per heavy atom. The molecule has 0 bridgehead atoms. The Morgan fingerprint density at radius 1 is 1.30 bits per heavy atom. The van der Waals surface area contributed by atoms with Gasteiger partial charge >= 0.3 is 6.18 Å². The molecule has 1 aliphatic heterocycles. The number of carbonyl (C=O) groups is 1. The van der Waals surface area contributed by atoms with Crippen molar-refractivity contribution in [2.75, 3.05) is 5.75 Å². The molecular formula is C18H20F3N3OS2. The minimum Gasteiger partial charge on any atom is -0.337 e. The molecule has 1 fully saturated rings. The van der Waals surface area contributed by atoms with E-state index in [1.165, 1.54) is 11.3 Å². The molecule has 2 aromatic rings. The maximum absolute atomic E-state index is 13.2. The van der Waals surface area contributed by atoms with Gasteiger partial charge < -0.3 is 4.90 Å². The molecule has 0 saturated carbocycles. The van der Waals surface area contributed by atoms with E-state index in [4.69, 9.17) is 0 Å². The lowest BCUT2D eigenvalue weighted by Gasteiger charge is -2.39. The van der Waals surface area contributed by atoms with E-state index in [0.717, 1.165) is 37.1 Å². The van der Waals surface area contributed by atoms with Gasteiger partial charge in [-0.25, -0.2) is 9.97 Å². The summed E-state index contributed by atoms with van der Waals surface area (Å²) in [7, 11) is 0. The van der Waals surface area contributed by atoms with Crippen LogP contribution in [0.2, 0.25) is 0 Å². The average molecular weight is 416 g/mol. The van der Waals surface area contributed by atoms with Crippen LogP contribution in [0.4, 0.5) is 13.2 Å². The van der Waals surface area contributed by atoms with Crippen LogP contribution in [-0.2, 0) is 11.0 Å². The summed E-state index contributed by atoms with van der Waals surface area (Å²) >= 11 is 2.27. The summed E-state index contributed by atoms with van der Waals surface area (Å²) < 4.78 is 39.6. The van der Waals surface area contributed by atoms with Crippen molar-refractivity contribution >= 4 is 29.0 Å². The van der Waals surface area contributed by atoms with E-state index in [9.17, 15) is 18.0 Å². The van der Waals surface area contributed by atoms with Gasteiger partial charge in [-0.1, -0.05) is 17.8 Å². The van der Waals surface area contributed by atoms with Crippen LogP contribution in [0.3, 0.4) is 0 Å². The summed E-state index contributed by atoms with van der Waals surface area (Å²) in [5.41, 5.74) is -0.766. The number of thiophene rings is 1. The number of aromatic nitrogens is 2. The number of hydrogen-bond acceptors (Lipinski definition) is 5. The number of nitrogens with zero attached hydrogens (tertiary/aromatic N) is 3. The standard InChI is InChI=1S/C18H20F3N3OS2/c1-11-5-3-6-12(2)24(11)16(25)10-27-17-22-13(14-7-4-8-26-14)9-15(23-17)18(19,20)21/h4,7-9,11-12H,3,5-6,10H2,1-2H3/t11-,12-/m1/s1. The van der Waals surface area contributed by atoms with E-state index in [2.05, 4.69) is 9.97 Å². The molecule has 3 heterocycles. The molecule has 0 aromatic carbocycles. The Labute approximate surface area is 164 Å². The Balaban J connectivity index is 1.79. The second-order valence-electron chi connectivity index (χ2n) is 6.61. The highest BCUT2D eigenvalue weighted by Gasteiger charge is 2.34. The number of carbonyl (C=O) groups excluding carboxylic acids is 1. The van der Waals surface area contributed by atoms with E-state index in [-0.39, 0.29) is 34.6 Å². The van der Waals surface area contributed by atoms with Gasteiger partial charge in [-0.3, -0.25) is 4.79 Å². The molecule has 0 aliphatic carbocycles. The van der Waals surface area contributed by atoms with E-state index in [0.29, 0.717) is 4.88 Å². The van der Waals surface area contributed by atoms with Crippen LogP contribution in [0.5, 0.6) is 0 Å². The van der Waals surface area contributed by atoms with Gasteiger partial charge in [0.1, 0.15) is 5.69 Å². The molecule has 0 unspecified atom stereocenters. The summed E-state index contributed by atoms with van der Waals surface area (Å²) in [4.78, 5) is 23.0. The molecule has 0 spiro atoms. The lowest BCUT2D eigenvalue weighted by atomic mass is 9.98. The lowest BCUT2D eigenvalue weighted by Crippen LogP contribution is -2.48. The van der Waals surface area contributed by atoms with E-state index >= 15 is 0 Å². The van der Waals surface area contributed by atoms with Crippen molar-refractivity contribution in [3.63, 3.8) is 0 Å². The first kappa shape index (κ1) is 20.1. The number of hydrogen-bond donors (Lipinski definition) is 0. The number of thioether (sulfide) groups is 1. The van der Waals surface area contributed by atoms with E-state index in [1.54, 1.807) is 17.5 Å². The zero-order valence-electron chi connectivity index (χ0n) is 15.0. The van der Waals surface area contributed by atoms with Crippen molar-refractivity contribution in [2.24, 2.45) is 0 Å². The van der Waals surface area contributed by atoms with Gasteiger partial charge in [-0.05, 0) is 50.6 Å². The molecule has 2 atom stereocenters. The van der Waals surface area contributed by atoms with Crippen LogP contribution in [0, 0.1) is 0 Å². The normalized spacial score (nSPS) is 20.7. The fourth-order valence-electron chi connectivity index (χ4n) is 3.30. The minimum absolute atomic E-state index is 0.0276. The van der Waals surface area contributed by atoms with E-state index in [1.807, 2.05) is 18.7 Å². The van der Waals surface area contributed by atoms with Crippen LogP contribution in [0.1, 0.15) is 38.8 Å². The molecule has 2 aromatic heterocycles. The zero-order valence-corrected chi connectivity index (χ0v) is 16.6. The monoisotopic (exact) mass is 415 g/mol. The van der Waals surface area contributed by atoms with Gasteiger partial charge in [0, 0.05) is 12.1 Å². The first-order valence-corrected chi connectivity index (χ1v) is 10.6. The van der Waals surface area contributed by atoms with Crippen molar-refractivity contribution in [1.82, 2.24) is 14.9 Å². The van der Waals surface area contributed by atoms with Crippen molar-refractivity contribution in [3.05, 3.63) is 29.3 Å². The van der Waals surface area contributed by atoms with Crippen LogP contribution in [0.25, 0.3) is 10.6 Å². The Kier molecular flexibility index (Phi) is 6.10. The fraction of sp³-hybridized carbons (Fsp3) is 0.500. The summed E-state index contributed by atoms with van der Waals surface area (Å²) in [6, 6.07) is 4.71. The smallest absolute Gasteiger partial charge is 0.337 e. The molecule has 1 amide bonds. The van der Waals surface area contributed by atoms with Crippen LogP contribution in [-0.4, -0.2) is 38.6 Å². The predicted molar refractivity (Wildman–Crippen MR) is 101 cm³/mol. The number of piperidine rings is 1. The molecule has 9 heteroatoms. The molecule has 1 saturated heterocycles. The molecule has 27 heavy (non-hydrogen) atoms. The van der Waals surface area contributed by atoms with Gasteiger partial charge in [-0.2, -0.15) is 13.2 Å². The third-order valence-electron chi connectivity index (χ3n) is 4.58. The van der Waals surface area contributed by atoms with Gasteiger partial charge in [-0.15, -0.1) is 11.3 Å². The molecule has 146 valence electrons. The second kappa shape index (κ2) is 8.18. The first-order valence-electron chi connectivity index (χ1n) is 8.70. The second-order valence-corrected chi connectivity index (χ2v) is 8.50. The van der Waals surface area contributed by atoms with Crippen molar-refractivity contribution in [1.29, 1.82) is 0 Å². The van der Waals surface area contributed by atoms with Gasteiger partial charge in [0.25, 0.3) is 0 Å². The Hall–Kier alpha value is -1.61. The highest BCUT2D eigenvalue weighted by Crippen LogP contribution is 2.33. The number of halogens is 3. The van der Waals surface area contributed by atoms with Crippen LogP contribution < -0.4 is 0 Å². The zero-order chi connectivity index (χ0) is 19.6. The van der Waals surface area contributed by atoms with Gasteiger partial charge in [0.15, 0.2) is 5.16 Å². The van der Waals surface area contributed by atoms with Crippen molar-refractivity contribution in [2.45, 2.75) is 56.5 Å². The molecule has 0 radical (unpaired) electrons. The van der Waals surface area contributed by atoms with Crippen LogP contribution >= 0.6 is 23.1 Å². The highest BCUT2D eigenvalue weighted by molar-refractivity contribution is 7.99. The van der Waals surface area contributed by atoms with Gasteiger partial charge in [0.05, 0.1) is 16.3 Å². The summed E-state index contributed by atoms with van der Waals surface area (Å²) in [5, 5.41) is 1.75. The van der Waals surface area contributed by atoms with Crippen LogP contribution in [0.15, 0.2) is 28.7 Å². The molecule has 3 rings (SSSR count). The van der Waals surface area contributed by atoms with Gasteiger partial charge in [0.2, 0.25) is 5.91 Å². The largest absolute Gasteiger partial charge is 0.433 e. The SMILES string of the molecule is C[C@@H]1CCC[C@@H](C)N1C(=O)CSc1nc(-c2cccs2)cc(C(F)(F)F)n1. The van der Waals surface area contributed by atoms with Crippen molar-refractivity contribution in [3.8, 4) is 10.6 Å². The molecule has 1 aliphatic rings. The minimum atomic E-state index is -4.57. The first-order chi connectivity index (χ1) is 12.8. The number of alkyl halides is 3.